The van der Waals surface area contributed by atoms with Crippen LogP contribution >= 0.6 is 0 Å². The minimum atomic E-state index is 0.404. The van der Waals surface area contributed by atoms with Gasteiger partial charge in [-0.1, -0.05) is 47.0 Å². The standard InChI is InChI=1S/C17H35NO/c1-5-9-16(18-12-6-2)17(7-3)19-15-11-8-10-14(4)13-15/h14-18H,5-13H2,1-4H3. The predicted molar refractivity (Wildman–Crippen MR) is 83.6 cm³/mol. The molecule has 4 unspecified atom stereocenters. The highest BCUT2D eigenvalue weighted by molar-refractivity contribution is 4.79. The minimum absolute atomic E-state index is 0.404. The Morgan fingerprint density at radius 3 is 2.53 bits per heavy atom. The SMILES string of the molecule is CCCNC(CCC)C(CC)OC1CCCC(C)C1. The lowest BCUT2D eigenvalue weighted by Gasteiger charge is -2.34. The molecule has 1 N–H and O–H groups in total. The van der Waals surface area contributed by atoms with Crippen LogP contribution in [0.1, 0.15) is 79.1 Å². The third-order valence-corrected chi connectivity index (χ3v) is 4.36. The number of rotatable bonds is 9. The van der Waals surface area contributed by atoms with Crippen molar-refractivity contribution in [3.8, 4) is 0 Å². The lowest BCUT2D eigenvalue weighted by Crippen LogP contribution is -2.43. The zero-order valence-electron chi connectivity index (χ0n) is 13.6. The third kappa shape index (κ3) is 6.27. The minimum Gasteiger partial charge on any atom is -0.373 e. The van der Waals surface area contributed by atoms with Crippen molar-refractivity contribution in [2.75, 3.05) is 6.54 Å². The molecule has 2 heteroatoms. The summed E-state index contributed by atoms with van der Waals surface area (Å²) in [5.41, 5.74) is 0. The van der Waals surface area contributed by atoms with Crippen molar-refractivity contribution >= 4 is 0 Å². The molecule has 0 saturated heterocycles. The predicted octanol–water partition coefficient (Wildman–Crippen LogP) is 4.53. The van der Waals surface area contributed by atoms with Crippen molar-refractivity contribution in [2.45, 2.75) is 97.3 Å². The first-order chi connectivity index (χ1) is 9.21. The maximum Gasteiger partial charge on any atom is 0.0729 e. The van der Waals surface area contributed by atoms with Gasteiger partial charge in [0, 0.05) is 6.04 Å². The van der Waals surface area contributed by atoms with Crippen LogP contribution in [0.5, 0.6) is 0 Å². The lowest BCUT2D eigenvalue weighted by atomic mass is 9.88. The Kier molecular flexibility index (Phi) is 8.72. The van der Waals surface area contributed by atoms with Gasteiger partial charge in [-0.15, -0.1) is 0 Å². The molecule has 0 aromatic heterocycles. The highest BCUT2D eigenvalue weighted by Crippen LogP contribution is 2.28. The van der Waals surface area contributed by atoms with Gasteiger partial charge in [0.05, 0.1) is 12.2 Å². The van der Waals surface area contributed by atoms with Crippen LogP contribution in [0.25, 0.3) is 0 Å². The Balaban J connectivity index is 2.47. The van der Waals surface area contributed by atoms with E-state index in [1.165, 1.54) is 44.9 Å². The van der Waals surface area contributed by atoms with E-state index in [0.29, 0.717) is 18.2 Å². The zero-order valence-corrected chi connectivity index (χ0v) is 13.6. The van der Waals surface area contributed by atoms with Gasteiger partial charge in [-0.3, -0.25) is 0 Å². The molecule has 0 aromatic carbocycles. The molecule has 1 saturated carbocycles. The normalized spacial score (nSPS) is 27.2. The first kappa shape index (κ1) is 17.0. The molecule has 19 heavy (non-hydrogen) atoms. The van der Waals surface area contributed by atoms with E-state index in [4.69, 9.17) is 4.74 Å². The van der Waals surface area contributed by atoms with Gasteiger partial charge >= 0.3 is 0 Å². The summed E-state index contributed by atoms with van der Waals surface area (Å²) in [6.45, 7) is 10.3. The summed E-state index contributed by atoms with van der Waals surface area (Å²) in [4.78, 5) is 0. The molecule has 1 fully saturated rings. The molecule has 0 radical (unpaired) electrons. The van der Waals surface area contributed by atoms with E-state index in [2.05, 4.69) is 33.0 Å². The van der Waals surface area contributed by atoms with Crippen molar-refractivity contribution in [3.63, 3.8) is 0 Å². The molecule has 0 aliphatic heterocycles. The topological polar surface area (TPSA) is 21.3 Å². The van der Waals surface area contributed by atoms with Gasteiger partial charge in [0.1, 0.15) is 0 Å². The first-order valence-corrected chi connectivity index (χ1v) is 8.60. The van der Waals surface area contributed by atoms with Crippen LogP contribution in [0, 0.1) is 5.92 Å². The fourth-order valence-electron chi connectivity index (χ4n) is 3.28. The molecule has 0 bridgehead atoms. The quantitative estimate of drug-likeness (QED) is 0.664. The van der Waals surface area contributed by atoms with E-state index in [0.717, 1.165) is 18.9 Å². The number of hydrogen-bond donors (Lipinski definition) is 1. The third-order valence-electron chi connectivity index (χ3n) is 4.36. The summed E-state index contributed by atoms with van der Waals surface area (Å²) in [6.07, 6.45) is 11.0. The van der Waals surface area contributed by atoms with Crippen molar-refractivity contribution in [2.24, 2.45) is 5.92 Å². The van der Waals surface area contributed by atoms with E-state index in [-0.39, 0.29) is 0 Å². The number of ether oxygens (including phenoxy) is 1. The molecule has 114 valence electrons. The van der Waals surface area contributed by atoms with Crippen LogP contribution in [0.15, 0.2) is 0 Å². The number of nitrogens with one attached hydrogen (secondary N) is 1. The largest absolute Gasteiger partial charge is 0.373 e. The summed E-state index contributed by atoms with van der Waals surface area (Å²) in [5.74, 6) is 0.851. The van der Waals surface area contributed by atoms with Gasteiger partial charge in [-0.25, -0.2) is 0 Å². The highest BCUT2D eigenvalue weighted by atomic mass is 16.5. The number of hydrogen-bond acceptors (Lipinski definition) is 2. The molecule has 4 atom stereocenters. The lowest BCUT2D eigenvalue weighted by molar-refractivity contribution is -0.0571. The summed E-state index contributed by atoms with van der Waals surface area (Å²) in [5, 5.41) is 3.70. The Bertz CT molecular complexity index is 219. The molecule has 2 nitrogen and oxygen atoms in total. The first-order valence-electron chi connectivity index (χ1n) is 8.60. The van der Waals surface area contributed by atoms with Crippen molar-refractivity contribution in [1.29, 1.82) is 0 Å². The van der Waals surface area contributed by atoms with Gasteiger partial charge in [0.25, 0.3) is 0 Å². The zero-order chi connectivity index (χ0) is 14.1. The smallest absolute Gasteiger partial charge is 0.0729 e. The van der Waals surface area contributed by atoms with E-state index < -0.39 is 0 Å². The monoisotopic (exact) mass is 269 g/mol. The van der Waals surface area contributed by atoms with Crippen LogP contribution in [0.3, 0.4) is 0 Å². The van der Waals surface area contributed by atoms with Gasteiger partial charge in [0.2, 0.25) is 0 Å². The van der Waals surface area contributed by atoms with E-state index in [9.17, 15) is 0 Å². The van der Waals surface area contributed by atoms with E-state index in [1.54, 1.807) is 0 Å². The average Bonchev–Trinajstić information content (AvgIpc) is 2.41. The summed E-state index contributed by atoms with van der Waals surface area (Å²) < 4.78 is 6.46. The van der Waals surface area contributed by atoms with Gasteiger partial charge in [0.15, 0.2) is 0 Å². The van der Waals surface area contributed by atoms with Crippen LogP contribution in [0.4, 0.5) is 0 Å². The maximum absolute atomic E-state index is 6.46. The molecular formula is C17H35NO. The van der Waals surface area contributed by atoms with Crippen LogP contribution in [0.2, 0.25) is 0 Å². The Labute approximate surface area is 120 Å². The van der Waals surface area contributed by atoms with Gasteiger partial charge in [-0.05, 0) is 44.6 Å². The van der Waals surface area contributed by atoms with Crippen LogP contribution in [-0.2, 0) is 4.74 Å². The molecule has 1 aliphatic carbocycles. The fraction of sp³-hybridized carbons (Fsp3) is 1.00. The second kappa shape index (κ2) is 9.77. The molecule has 1 rings (SSSR count). The molecular weight excluding hydrogens is 234 g/mol. The van der Waals surface area contributed by atoms with Crippen molar-refractivity contribution in [3.05, 3.63) is 0 Å². The van der Waals surface area contributed by atoms with Crippen LogP contribution in [-0.4, -0.2) is 24.8 Å². The Morgan fingerprint density at radius 2 is 1.95 bits per heavy atom. The molecule has 1 aliphatic rings. The molecule has 0 aromatic rings. The van der Waals surface area contributed by atoms with Crippen LogP contribution < -0.4 is 5.32 Å². The summed E-state index contributed by atoms with van der Waals surface area (Å²) in [6, 6.07) is 0.548. The van der Waals surface area contributed by atoms with E-state index in [1.807, 2.05) is 0 Å². The van der Waals surface area contributed by atoms with Gasteiger partial charge < -0.3 is 10.1 Å². The van der Waals surface area contributed by atoms with Crippen molar-refractivity contribution < 1.29 is 4.74 Å². The fourth-order valence-corrected chi connectivity index (χ4v) is 3.28. The molecule has 0 spiro atoms. The summed E-state index contributed by atoms with van der Waals surface area (Å²) in [7, 11) is 0. The van der Waals surface area contributed by atoms with Gasteiger partial charge in [-0.2, -0.15) is 0 Å². The second-order valence-electron chi connectivity index (χ2n) is 6.33. The second-order valence-corrected chi connectivity index (χ2v) is 6.33. The highest BCUT2D eigenvalue weighted by Gasteiger charge is 2.26. The van der Waals surface area contributed by atoms with E-state index >= 15 is 0 Å². The molecule has 0 amide bonds. The average molecular weight is 269 g/mol. The maximum atomic E-state index is 6.46. The summed E-state index contributed by atoms with van der Waals surface area (Å²) >= 11 is 0. The Morgan fingerprint density at radius 1 is 1.16 bits per heavy atom. The Hall–Kier alpha value is -0.0800. The van der Waals surface area contributed by atoms with Crippen molar-refractivity contribution in [1.82, 2.24) is 5.32 Å². The molecule has 0 heterocycles.